The lowest BCUT2D eigenvalue weighted by Gasteiger charge is -2.14. The quantitative estimate of drug-likeness (QED) is 0.107. The molecular weight excluding hydrogens is 560 g/mol. The highest BCUT2D eigenvalue weighted by Crippen LogP contribution is 2.36. The Morgan fingerprint density at radius 2 is 1.15 bits per heavy atom. The predicted molar refractivity (Wildman–Crippen MR) is 191 cm³/mol. The van der Waals surface area contributed by atoms with Crippen LogP contribution in [-0.4, -0.2) is 5.71 Å². The van der Waals surface area contributed by atoms with Gasteiger partial charge in [-0.2, -0.15) is 15.8 Å². The molecule has 0 aromatic heterocycles. The Balaban J connectivity index is 1.94. The van der Waals surface area contributed by atoms with E-state index in [0.717, 1.165) is 61.2 Å². The summed E-state index contributed by atoms with van der Waals surface area (Å²) in [4.78, 5) is 0. The molecule has 4 nitrogen and oxygen atoms in total. The van der Waals surface area contributed by atoms with Crippen molar-refractivity contribution in [1.29, 1.82) is 21.2 Å². The molecule has 1 N–H and O–H groups in total. The van der Waals surface area contributed by atoms with E-state index in [4.69, 9.17) is 21.2 Å². The Labute approximate surface area is 271 Å². The number of allylic oxidation sites excluding steroid dienone is 10. The maximum absolute atomic E-state index is 9.16. The third kappa shape index (κ3) is 7.89. The molecule has 4 heteroatoms. The van der Waals surface area contributed by atoms with Crippen LogP contribution in [0.3, 0.4) is 0 Å². The summed E-state index contributed by atoms with van der Waals surface area (Å²) in [6.07, 6.45) is 12.4. The number of nitrogens with one attached hydrogen (secondary N) is 1. The molecule has 0 atom stereocenters. The molecule has 4 rings (SSSR count). The smallest absolute Gasteiger partial charge is 0.132 e. The normalized spacial score (nSPS) is 11.7. The van der Waals surface area contributed by atoms with Crippen LogP contribution >= 0.6 is 0 Å². The number of hydrogen-bond donors (Lipinski definition) is 1. The number of nitriles is 3. The van der Waals surface area contributed by atoms with Crippen LogP contribution in [0.4, 0.5) is 0 Å². The molecule has 0 aliphatic rings. The van der Waals surface area contributed by atoms with E-state index in [1.54, 1.807) is 12.2 Å². The maximum Gasteiger partial charge on any atom is 0.132 e. The highest BCUT2D eigenvalue weighted by molar-refractivity contribution is 6.10. The molecule has 0 heterocycles. The van der Waals surface area contributed by atoms with E-state index < -0.39 is 0 Å². The molecule has 0 aliphatic carbocycles. The van der Waals surface area contributed by atoms with Crippen molar-refractivity contribution in [2.45, 2.75) is 13.3 Å². The molecule has 0 bridgehead atoms. The van der Waals surface area contributed by atoms with Crippen molar-refractivity contribution in [3.05, 3.63) is 163 Å². The summed E-state index contributed by atoms with van der Waals surface area (Å²) in [5, 5.41) is 35.2. The van der Waals surface area contributed by atoms with Crippen molar-refractivity contribution in [2.24, 2.45) is 0 Å². The first kappa shape index (κ1) is 32.4. The van der Waals surface area contributed by atoms with Gasteiger partial charge >= 0.3 is 0 Å². The Morgan fingerprint density at radius 1 is 0.674 bits per heavy atom. The molecule has 0 aliphatic heterocycles. The molecular formula is C42H32N4. The van der Waals surface area contributed by atoms with E-state index in [2.05, 4.69) is 67.8 Å². The number of benzene rings is 4. The van der Waals surface area contributed by atoms with Crippen LogP contribution in [0.1, 0.15) is 30.0 Å². The lowest BCUT2D eigenvalue weighted by atomic mass is 9.90. The van der Waals surface area contributed by atoms with Crippen LogP contribution in [0, 0.1) is 39.4 Å². The number of hydrogen-bond acceptors (Lipinski definition) is 4. The molecule has 46 heavy (non-hydrogen) atoms. The zero-order valence-electron chi connectivity index (χ0n) is 25.7. The lowest BCUT2D eigenvalue weighted by molar-refractivity contribution is 1.35. The van der Waals surface area contributed by atoms with Gasteiger partial charge < -0.3 is 0 Å². The second-order valence-corrected chi connectivity index (χ2v) is 10.3. The maximum atomic E-state index is 9.16. The summed E-state index contributed by atoms with van der Waals surface area (Å²) in [5.74, 6) is 0. The SMILES string of the molecule is C=C/C(=C\CC#N)c1cccc(-c2cc(-c3cccc(/C(C=C)=C/C(=N)C#N)c3)cc(-c3cccc(C(/C=C\C#N)=C/C)c3)c2)c1. The summed E-state index contributed by atoms with van der Waals surface area (Å²) in [6.45, 7) is 9.81. The topological polar surface area (TPSA) is 95.2 Å². The van der Waals surface area contributed by atoms with E-state index in [1.165, 1.54) is 12.2 Å². The van der Waals surface area contributed by atoms with Crippen LogP contribution < -0.4 is 0 Å². The average molecular weight is 593 g/mol. The number of rotatable bonds is 11. The monoisotopic (exact) mass is 592 g/mol. The fourth-order valence-electron chi connectivity index (χ4n) is 5.17. The Hall–Kier alpha value is -6.54. The second kappa shape index (κ2) is 15.8. The van der Waals surface area contributed by atoms with Crippen molar-refractivity contribution in [1.82, 2.24) is 0 Å². The van der Waals surface area contributed by atoms with Gasteiger partial charge in [0.15, 0.2) is 0 Å². The van der Waals surface area contributed by atoms with E-state index in [1.807, 2.05) is 79.8 Å². The van der Waals surface area contributed by atoms with Crippen LogP contribution in [-0.2, 0) is 0 Å². The minimum absolute atomic E-state index is 0.142. The third-order valence-electron chi connectivity index (χ3n) is 7.44. The summed E-state index contributed by atoms with van der Waals surface area (Å²) in [6, 6.07) is 37.0. The summed E-state index contributed by atoms with van der Waals surface area (Å²) < 4.78 is 0. The molecule has 220 valence electrons. The summed E-state index contributed by atoms with van der Waals surface area (Å²) in [5.41, 5.74) is 11.2. The molecule has 4 aromatic rings. The summed E-state index contributed by atoms with van der Waals surface area (Å²) in [7, 11) is 0. The van der Waals surface area contributed by atoms with E-state index >= 15 is 0 Å². The van der Waals surface area contributed by atoms with Gasteiger partial charge in [-0.3, -0.25) is 5.41 Å². The predicted octanol–water partition coefficient (Wildman–Crippen LogP) is 10.8. The third-order valence-corrected chi connectivity index (χ3v) is 7.44. The van der Waals surface area contributed by atoms with Gasteiger partial charge in [0, 0.05) is 6.08 Å². The van der Waals surface area contributed by atoms with Crippen LogP contribution in [0.5, 0.6) is 0 Å². The molecule has 0 saturated carbocycles. The van der Waals surface area contributed by atoms with Crippen LogP contribution in [0.2, 0.25) is 0 Å². The van der Waals surface area contributed by atoms with Crippen molar-refractivity contribution in [2.75, 3.05) is 0 Å². The van der Waals surface area contributed by atoms with E-state index in [9.17, 15) is 0 Å². The van der Waals surface area contributed by atoms with Crippen molar-refractivity contribution in [3.63, 3.8) is 0 Å². The molecule has 0 radical (unpaired) electrons. The van der Waals surface area contributed by atoms with E-state index in [-0.39, 0.29) is 5.71 Å². The fraction of sp³-hybridized carbons (Fsp3) is 0.0476. The first-order valence-corrected chi connectivity index (χ1v) is 14.7. The van der Waals surface area contributed by atoms with Gasteiger partial charge in [-0.25, -0.2) is 0 Å². The first-order valence-electron chi connectivity index (χ1n) is 14.7. The molecule has 0 spiro atoms. The molecule has 0 saturated heterocycles. The van der Waals surface area contributed by atoms with Gasteiger partial charge in [0.1, 0.15) is 11.8 Å². The van der Waals surface area contributed by atoms with Crippen molar-refractivity contribution < 1.29 is 0 Å². The Bertz CT molecular complexity index is 2000. The van der Waals surface area contributed by atoms with Gasteiger partial charge in [-0.05, 0) is 122 Å². The highest BCUT2D eigenvalue weighted by atomic mass is 14.4. The van der Waals surface area contributed by atoms with Crippen molar-refractivity contribution in [3.8, 4) is 51.6 Å². The van der Waals surface area contributed by atoms with Gasteiger partial charge in [0.05, 0.1) is 18.6 Å². The summed E-state index contributed by atoms with van der Waals surface area (Å²) >= 11 is 0. The first-order chi connectivity index (χ1) is 22.4. The van der Waals surface area contributed by atoms with Crippen LogP contribution in [0.25, 0.3) is 50.1 Å². The largest absolute Gasteiger partial charge is 0.290 e. The fourth-order valence-corrected chi connectivity index (χ4v) is 5.17. The zero-order valence-corrected chi connectivity index (χ0v) is 25.7. The Kier molecular flexibility index (Phi) is 11.1. The van der Waals surface area contributed by atoms with E-state index in [0.29, 0.717) is 12.0 Å². The minimum Gasteiger partial charge on any atom is -0.290 e. The second-order valence-electron chi connectivity index (χ2n) is 10.3. The Morgan fingerprint density at radius 3 is 1.57 bits per heavy atom. The molecule has 0 fully saturated rings. The van der Waals surface area contributed by atoms with Gasteiger partial charge in [0.25, 0.3) is 0 Å². The zero-order chi connectivity index (χ0) is 32.9. The van der Waals surface area contributed by atoms with Crippen molar-refractivity contribution >= 4 is 22.4 Å². The highest BCUT2D eigenvalue weighted by Gasteiger charge is 2.11. The lowest BCUT2D eigenvalue weighted by Crippen LogP contribution is -1.91. The van der Waals surface area contributed by atoms with Gasteiger partial charge in [-0.15, -0.1) is 0 Å². The number of nitrogens with zero attached hydrogens (tertiary/aromatic N) is 3. The molecule has 4 aromatic carbocycles. The average Bonchev–Trinajstić information content (AvgIpc) is 3.11. The van der Waals surface area contributed by atoms with Gasteiger partial charge in [-0.1, -0.05) is 92.1 Å². The molecule has 0 unspecified atom stereocenters. The molecule has 0 amide bonds. The van der Waals surface area contributed by atoms with Gasteiger partial charge in [0.2, 0.25) is 0 Å². The van der Waals surface area contributed by atoms with Crippen LogP contribution in [0.15, 0.2) is 147 Å². The standard InChI is InChI=1S/C42H32N4/c1-4-30(18-10-20-43)33-12-7-15-36(22-33)39-25-40(37-16-8-13-34(23-37)31(5-2)19-11-21-44)27-41(26-39)38-17-9-14-35(24-38)32(6-3)28-42(46)29-45/h4-9,11-19,22-28,46H,1,3,10H2,2H3/b19-11-,30-18+,31-5+,32-28+,46-42?. The minimum atomic E-state index is -0.142.